The number of halogens is 2. The zero-order valence-corrected chi connectivity index (χ0v) is 10.5. The molecule has 2 aromatic carbocycles. The van der Waals surface area contributed by atoms with Crippen LogP contribution < -0.4 is 0 Å². The smallest absolute Gasteiger partial charge is 0.123 e. The average Bonchev–Trinajstić information content (AvgIpc) is 2.43. The second-order valence-corrected chi connectivity index (χ2v) is 4.39. The summed E-state index contributed by atoms with van der Waals surface area (Å²) in [5.74, 6) is -0.982. The molecular weight excluding hydrogens is 263 g/mol. The van der Waals surface area contributed by atoms with Crippen molar-refractivity contribution in [2.24, 2.45) is 0 Å². The Hall–Kier alpha value is -2.36. The summed E-state index contributed by atoms with van der Waals surface area (Å²) in [6.45, 7) is 0. The van der Waals surface area contributed by atoms with Gasteiger partial charge in [-0.1, -0.05) is 29.8 Å². The first-order valence-electron chi connectivity index (χ1n) is 5.50. The third-order valence-corrected chi connectivity index (χ3v) is 3.01. The van der Waals surface area contributed by atoms with Gasteiger partial charge < -0.3 is 0 Å². The Morgan fingerprint density at radius 2 is 1.74 bits per heavy atom. The highest BCUT2D eigenvalue weighted by Crippen LogP contribution is 2.28. The Labute approximate surface area is 115 Å². The molecule has 92 valence electrons. The van der Waals surface area contributed by atoms with Crippen molar-refractivity contribution in [1.29, 1.82) is 10.5 Å². The van der Waals surface area contributed by atoms with Crippen LogP contribution in [0.2, 0.25) is 5.02 Å². The zero-order chi connectivity index (χ0) is 13.8. The van der Waals surface area contributed by atoms with E-state index >= 15 is 0 Å². The van der Waals surface area contributed by atoms with E-state index in [1.807, 2.05) is 6.07 Å². The van der Waals surface area contributed by atoms with Gasteiger partial charge in [0.25, 0.3) is 0 Å². The van der Waals surface area contributed by atoms with Crippen molar-refractivity contribution >= 4 is 11.6 Å². The molecule has 2 rings (SSSR count). The molecule has 0 aliphatic heterocycles. The van der Waals surface area contributed by atoms with Gasteiger partial charge in [0, 0.05) is 5.02 Å². The minimum Gasteiger partial charge on any atom is -0.207 e. The molecule has 0 aliphatic rings. The second-order valence-electron chi connectivity index (χ2n) is 3.96. The van der Waals surface area contributed by atoms with Crippen LogP contribution in [0.1, 0.15) is 22.6 Å². The summed E-state index contributed by atoms with van der Waals surface area (Å²) < 4.78 is 12.9. The van der Waals surface area contributed by atoms with Gasteiger partial charge in [-0.05, 0) is 35.4 Å². The molecule has 0 radical (unpaired) electrons. The molecule has 0 amide bonds. The van der Waals surface area contributed by atoms with Crippen molar-refractivity contribution in [3.8, 4) is 12.1 Å². The fraction of sp³-hybridized carbons (Fsp3) is 0.0667. The SMILES string of the molecule is N#Cc1cc(Cl)ccc1C(C#N)c1ccc(F)cc1. The van der Waals surface area contributed by atoms with E-state index in [2.05, 4.69) is 6.07 Å². The fourth-order valence-corrected chi connectivity index (χ4v) is 2.03. The molecule has 0 N–H and O–H groups in total. The molecule has 2 nitrogen and oxygen atoms in total. The van der Waals surface area contributed by atoms with Crippen molar-refractivity contribution in [1.82, 2.24) is 0 Å². The Morgan fingerprint density at radius 3 is 2.32 bits per heavy atom. The van der Waals surface area contributed by atoms with E-state index in [0.717, 1.165) is 0 Å². The van der Waals surface area contributed by atoms with Crippen LogP contribution in [0.3, 0.4) is 0 Å². The van der Waals surface area contributed by atoms with E-state index in [0.29, 0.717) is 21.7 Å². The van der Waals surface area contributed by atoms with Crippen LogP contribution in [0.15, 0.2) is 42.5 Å². The molecule has 0 fully saturated rings. The van der Waals surface area contributed by atoms with E-state index in [9.17, 15) is 9.65 Å². The molecule has 1 atom stereocenters. The zero-order valence-electron chi connectivity index (χ0n) is 9.77. The molecule has 0 heterocycles. The molecular formula is C15H8ClFN2. The lowest BCUT2D eigenvalue weighted by Gasteiger charge is -2.11. The van der Waals surface area contributed by atoms with Crippen molar-refractivity contribution < 1.29 is 4.39 Å². The van der Waals surface area contributed by atoms with Gasteiger partial charge in [-0.3, -0.25) is 0 Å². The Morgan fingerprint density at radius 1 is 1.05 bits per heavy atom. The quantitative estimate of drug-likeness (QED) is 0.828. The maximum atomic E-state index is 12.9. The standard InChI is InChI=1S/C15H8ClFN2/c16-12-3-6-14(11(7-12)8-18)15(9-19)10-1-4-13(17)5-2-10/h1-7,15H. The Kier molecular flexibility index (Phi) is 3.80. The van der Waals surface area contributed by atoms with Crippen LogP contribution >= 0.6 is 11.6 Å². The van der Waals surface area contributed by atoms with Crippen molar-refractivity contribution in [2.75, 3.05) is 0 Å². The first-order valence-corrected chi connectivity index (χ1v) is 5.88. The predicted molar refractivity (Wildman–Crippen MR) is 70.0 cm³/mol. The van der Waals surface area contributed by atoms with E-state index in [4.69, 9.17) is 16.9 Å². The molecule has 0 bridgehead atoms. The van der Waals surface area contributed by atoms with Gasteiger partial charge in [-0.15, -0.1) is 0 Å². The predicted octanol–water partition coefficient (Wildman–Crippen LogP) is 4.01. The third kappa shape index (κ3) is 2.73. The Bertz CT molecular complexity index is 681. The number of hydrogen-bond donors (Lipinski definition) is 0. The molecule has 0 saturated heterocycles. The number of nitriles is 2. The van der Waals surface area contributed by atoms with E-state index in [-0.39, 0.29) is 5.82 Å². The van der Waals surface area contributed by atoms with Crippen LogP contribution in [-0.4, -0.2) is 0 Å². The highest BCUT2D eigenvalue weighted by molar-refractivity contribution is 6.30. The van der Waals surface area contributed by atoms with Crippen molar-refractivity contribution in [3.63, 3.8) is 0 Å². The lowest BCUT2D eigenvalue weighted by atomic mass is 9.89. The van der Waals surface area contributed by atoms with Gasteiger partial charge in [-0.2, -0.15) is 10.5 Å². The lowest BCUT2D eigenvalue weighted by molar-refractivity contribution is 0.627. The third-order valence-electron chi connectivity index (χ3n) is 2.78. The molecule has 0 saturated carbocycles. The first kappa shape index (κ1) is 13.1. The van der Waals surface area contributed by atoms with Gasteiger partial charge in [-0.25, -0.2) is 4.39 Å². The summed E-state index contributed by atoms with van der Waals surface area (Å²) in [6.07, 6.45) is 0. The van der Waals surface area contributed by atoms with Crippen LogP contribution in [0, 0.1) is 28.5 Å². The molecule has 0 aliphatic carbocycles. The average molecular weight is 271 g/mol. The highest BCUT2D eigenvalue weighted by Gasteiger charge is 2.17. The molecule has 2 aromatic rings. The number of hydrogen-bond acceptors (Lipinski definition) is 2. The van der Waals surface area contributed by atoms with Crippen LogP contribution in [0.25, 0.3) is 0 Å². The summed E-state index contributed by atoms with van der Waals surface area (Å²) in [7, 11) is 0. The van der Waals surface area contributed by atoms with Crippen molar-refractivity contribution in [3.05, 3.63) is 70.0 Å². The molecule has 4 heteroatoms. The minimum atomic E-state index is -0.618. The van der Waals surface area contributed by atoms with Crippen molar-refractivity contribution in [2.45, 2.75) is 5.92 Å². The second kappa shape index (κ2) is 5.52. The highest BCUT2D eigenvalue weighted by atomic mass is 35.5. The summed E-state index contributed by atoms with van der Waals surface area (Å²) in [5.41, 5.74) is 1.56. The number of benzene rings is 2. The maximum Gasteiger partial charge on any atom is 0.123 e. The normalized spacial score (nSPS) is 11.4. The topological polar surface area (TPSA) is 47.6 Å². The summed E-state index contributed by atoms with van der Waals surface area (Å²) >= 11 is 5.83. The monoisotopic (exact) mass is 270 g/mol. The molecule has 19 heavy (non-hydrogen) atoms. The van der Waals surface area contributed by atoms with Gasteiger partial charge in [0.1, 0.15) is 5.82 Å². The van der Waals surface area contributed by atoms with Gasteiger partial charge in [0.05, 0.1) is 23.6 Å². The summed E-state index contributed by atoms with van der Waals surface area (Å²) in [5, 5.41) is 18.8. The van der Waals surface area contributed by atoms with E-state index in [1.165, 1.54) is 18.2 Å². The van der Waals surface area contributed by atoms with E-state index in [1.54, 1.807) is 24.3 Å². The van der Waals surface area contributed by atoms with Gasteiger partial charge >= 0.3 is 0 Å². The van der Waals surface area contributed by atoms with Crippen LogP contribution in [0.5, 0.6) is 0 Å². The number of nitrogens with zero attached hydrogens (tertiary/aromatic N) is 2. The molecule has 1 unspecified atom stereocenters. The summed E-state index contributed by atoms with van der Waals surface area (Å²) in [6, 6.07) is 14.6. The van der Waals surface area contributed by atoms with Gasteiger partial charge in [0.2, 0.25) is 0 Å². The number of rotatable bonds is 2. The van der Waals surface area contributed by atoms with Gasteiger partial charge in [0.15, 0.2) is 0 Å². The van der Waals surface area contributed by atoms with E-state index < -0.39 is 5.92 Å². The maximum absolute atomic E-state index is 12.9. The minimum absolute atomic E-state index is 0.350. The lowest BCUT2D eigenvalue weighted by Crippen LogP contribution is -2.01. The fourth-order valence-electron chi connectivity index (χ4n) is 1.86. The Balaban J connectivity index is 2.52. The molecule has 0 spiro atoms. The van der Waals surface area contributed by atoms with Crippen LogP contribution in [0.4, 0.5) is 4.39 Å². The first-order chi connectivity index (χ1) is 9.15. The largest absolute Gasteiger partial charge is 0.207 e. The molecule has 0 aromatic heterocycles. The van der Waals surface area contributed by atoms with Crippen LogP contribution in [-0.2, 0) is 0 Å². The summed E-state index contributed by atoms with van der Waals surface area (Å²) in [4.78, 5) is 0.